The number of hydrogen-bond donors (Lipinski definition) is 1. The topological polar surface area (TPSA) is 63.6 Å². The van der Waals surface area contributed by atoms with Crippen molar-refractivity contribution in [2.24, 2.45) is 0 Å². The van der Waals surface area contributed by atoms with E-state index in [4.69, 9.17) is 4.74 Å². The van der Waals surface area contributed by atoms with Gasteiger partial charge in [0.1, 0.15) is 5.75 Å². The molecule has 0 atom stereocenters. The summed E-state index contributed by atoms with van der Waals surface area (Å²) in [6.07, 6.45) is 0. The normalized spacial score (nSPS) is 11.3. The van der Waals surface area contributed by atoms with Crippen LogP contribution in [0, 0.1) is 0 Å². The Bertz CT molecular complexity index is 663. The highest BCUT2D eigenvalue weighted by Crippen LogP contribution is 2.27. The van der Waals surface area contributed by atoms with Crippen molar-refractivity contribution in [2.45, 2.75) is 16.4 Å². The van der Waals surface area contributed by atoms with E-state index in [9.17, 15) is 13.5 Å². The van der Waals surface area contributed by atoms with Crippen LogP contribution in [-0.4, -0.2) is 20.6 Å². The van der Waals surface area contributed by atoms with Crippen molar-refractivity contribution in [3.05, 3.63) is 54.1 Å². The van der Waals surface area contributed by atoms with Crippen LogP contribution in [0.5, 0.6) is 5.75 Å². The van der Waals surface area contributed by atoms with E-state index in [0.717, 1.165) is 0 Å². The maximum atomic E-state index is 12.5. The van der Waals surface area contributed by atoms with E-state index in [1.54, 1.807) is 24.3 Å². The number of rotatable bonds is 4. The molecule has 0 spiro atoms. The zero-order chi connectivity index (χ0) is 13.9. The van der Waals surface area contributed by atoms with E-state index in [1.807, 2.05) is 0 Å². The van der Waals surface area contributed by atoms with Crippen molar-refractivity contribution in [1.29, 1.82) is 0 Å². The molecule has 0 aromatic heterocycles. The lowest BCUT2D eigenvalue weighted by molar-refractivity contribution is 0.277. The highest BCUT2D eigenvalue weighted by Gasteiger charge is 2.21. The van der Waals surface area contributed by atoms with Crippen molar-refractivity contribution in [1.82, 2.24) is 0 Å². The van der Waals surface area contributed by atoms with Gasteiger partial charge in [0, 0.05) is 5.56 Å². The molecule has 0 fully saturated rings. The molecule has 0 saturated heterocycles. The molecule has 19 heavy (non-hydrogen) atoms. The van der Waals surface area contributed by atoms with Crippen LogP contribution in [0.1, 0.15) is 5.56 Å². The van der Waals surface area contributed by atoms with E-state index in [2.05, 4.69) is 0 Å². The Morgan fingerprint density at radius 2 is 1.79 bits per heavy atom. The molecule has 2 aromatic carbocycles. The maximum Gasteiger partial charge on any atom is 0.206 e. The highest BCUT2D eigenvalue weighted by molar-refractivity contribution is 7.91. The van der Waals surface area contributed by atoms with Crippen molar-refractivity contribution in [2.75, 3.05) is 7.11 Å². The standard InChI is InChI=1S/C14H14O4S/c1-18-12-7-8-14(11(9-12)10-15)19(16,17)13-5-3-2-4-6-13/h2-9,15H,10H2,1H3. The Hall–Kier alpha value is -1.85. The molecule has 0 heterocycles. The van der Waals surface area contributed by atoms with Crippen LogP contribution in [-0.2, 0) is 16.4 Å². The predicted molar refractivity (Wildman–Crippen MR) is 70.8 cm³/mol. The fourth-order valence-corrected chi connectivity index (χ4v) is 3.28. The highest BCUT2D eigenvalue weighted by atomic mass is 32.2. The Labute approximate surface area is 112 Å². The van der Waals surface area contributed by atoms with Crippen molar-refractivity contribution in [3.63, 3.8) is 0 Å². The number of sulfone groups is 1. The fraction of sp³-hybridized carbons (Fsp3) is 0.143. The average Bonchev–Trinajstić information content (AvgIpc) is 2.47. The third-order valence-corrected chi connectivity index (χ3v) is 4.65. The third kappa shape index (κ3) is 2.62. The number of ether oxygens (including phenoxy) is 1. The largest absolute Gasteiger partial charge is 0.497 e. The van der Waals surface area contributed by atoms with Gasteiger partial charge < -0.3 is 9.84 Å². The van der Waals surface area contributed by atoms with Crippen LogP contribution in [0.4, 0.5) is 0 Å². The summed E-state index contributed by atoms with van der Waals surface area (Å²) in [5.74, 6) is 0.510. The van der Waals surface area contributed by atoms with Gasteiger partial charge in [0.2, 0.25) is 9.84 Å². The quantitative estimate of drug-likeness (QED) is 0.929. The molecule has 4 nitrogen and oxygen atoms in total. The van der Waals surface area contributed by atoms with Gasteiger partial charge in [0.05, 0.1) is 23.5 Å². The van der Waals surface area contributed by atoms with Gasteiger partial charge in [-0.15, -0.1) is 0 Å². The molecular weight excluding hydrogens is 264 g/mol. The van der Waals surface area contributed by atoms with Gasteiger partial charge in [-0.2, -0.15) is 0 Å². The second-order valence-electron chi connectivity index (χ2n) is 3.95. The molecule has 2 rings (SSSR count). The van der Waals surface area contributed by atoms with Gasteiger partial charge >= 0.3 is 0 Å². The molecule has 0 aliphatic heterocycles. The number of benzene rings is 2. The summed E-state index contributed by atoms with van der Waals surface area (Å²) in [7, 11) is -2.13. The first-order chi connectivity index (χ1) is 9.09. The lowest BCUT2D eigenvalue weighted by Crippen LogP contribution is -2.06. The summed E-state index contributed by atoms with van der Waals surface area (Å²) >= 11 is 0. The van der Waals surface area contributed by atoms with E-state index >= 15 is 0 Å². The smallest absolute Gasteiger partial charge is 0.206 e. The zero-order valence-electron chi connectivity index (χ0n) is 10.4. The minimum Gasteiger partial charge on any atom is -0.497 e. The zero-order valence-corrected chi connectivity index (χ0v) is 11.2. The maximum absolute atomic E-state index is 12.5. The first-order valence-corrected chi connectivity index (χ1v) is 7.16. The van der Waals surface area contributed by atoms with Gasteiger partial charge in [0.15, 0.2) is 0 Å². The number of hydrogen-bond acceptors (Lipinski definition) is 4. The Kier molecular flexibility index (Phi) is 3.87. The molecule has 0 unspecified atom stereocenters. The minimum absolute atomic E-state index is 0.0991. The molecule has 0 aliphatic carbocycles. The molecular formula is C14H14O4S. The second-order valence-corrected chi connectivity index (χ2v) is 5.87. The number of aliphatic hydroxyl groups excluding tert-OH is 1. The first kappa shape index (κ1) is 13.6. The minimum atomic E-state index is -3.62. The van der Waals surface area contributed by atoms with Gasteiger partial charge in [-0.05, 0) is 30.3 Å². The summed E-state index contributed by atoms with van der Waals surface area (Å²) in [5, 5.41) is 9.33. The van der Waals surface area contributed by atoms with E-state index in [-0.39, 0.29) is 16.4 Å². The van der Waals surface area contributed by atoms with E-state index in [1.165, 1.54) is 31.4 Å². The van der Waals surface area contributed by atoms with Gasteiger partial charge in [-0.3, -0.25) is 0 Å². The molecule has 2 aromatic rings. The van der Waals surface area contributed by atoms with Crippen LogP contribution in [0.15, 0.2) is 58.3 Å². The van der Waals surface area contributed by atoms with Crippen LogP contribution in [0.2, 0.25) is 0 Å². The molecule has 1 N–H and O–H groups in total. The summed E-state index contributed by atoms with van der Waals surface area (Å²) in [6, 6.07) is 12.7. The van der Waals surface area contributed by atoms with Crippen molar-refractivity contribution < 1.29 is 18.3 Å². The summed E-state index contributed by atoms with van der Waals surface area (Å²) < 4.78 is 29.9. The molecule has 0 radical (unpaired) electrons. The van der Waals surface area contributed by atoms with Crippen LogP contribution in [0.3, 0.4) is 0 Å². The van der Waals surface area contributed by atoms with Crippen LogP contribution in [0.25, 0.3) is 0 Å². The monoisotopic (exact) mass is 278 g/mol. The molecule has 100 valence electrons. The molecule has 0 amide bonds. The lowest BCUT2D eigenvalue weighted by Gasteiger charge is -2.10. The van der Waals surface area contributed by atoms with Gasteiger partial charge in [-0.25, -0.2) is 8.42 Å². The summed E-state index contributed by atoms with van der Waals surface area (Å²) in [5.41, 5.74) is 0.322. The van der Waals surface area contributed by atoms with E-state index < -0.39 is 9.84 Å². The van der Waals surface area contributed by atoms with Crippen molar-refractivity contribution in [3.8, 4) is 5.75 Å². The first-order valence-electron chi connectivity index (χ1n) is 5.67. The Balaban J connectivity index is 2.58. The van der Waals surface area contributed by atoms with Crippen LogP contribution < -0.4 is 4.74 Å². The lowest BCUT2D eigenvalue weighted by atomic mass is 10.2. The van der Waals surface area contributed by atoms with E-state index in [0.29, 0.717) is 11.3 Å². The molecule has 0 saturated carbocycles. The Morgan fingerprint density at radius 3 is 2.37 bits per heavy atom. The average molecular weight is 278 g/mol. The molecule has 0 aliphatic rings. The second kappa shape index (κ2) is 5.42. The predicted octanol–water partition coefficient (Wildman–Crippen LogP) is 2.02. The van der Waals surface area contributed by atoms with Gasteiger partial charge in [-0.1, -0.05) is 18.2 Å². The van der Waals surface area contributed by atoms with Crippen LogP contribution >= 0.6 is 0 Å². The number of methoxy groups -OCH3 is 1. The Morgan fingerprint density at radius 1 is 1.11 bits per heavy atom. The fourth-order valence-electron chi connectivity index (χ4n) is 1.80. The SMILES string of the molecule is COc1ccc(S(=O)(=O)c2ccccc2)c(CO)c1. The number of aliphatic hydroxyl groups is 1. The summed E-state index contributed by atoms with van der Waals surface area (Å²) in [4.78, 5) is 0.303. The molecule has 5 heteroatoms. The molecule has 0 bridgehead atoms. The van der Waals surface area contributed by atoms with Crippen molar-refractivity contribution >= 4 is 9.84 Å². The van der Waals surface area contributed by atoms with Gasteiger partial charge in [0.25, 0.3) is 0 Å². The third-order valence-electron chi connectivity index (χ3n) is 2.78. The summed E-state index contributed by atoms with van der Waals surface area (Å²) in [6.45, 7) is -0.363.